The van der Waals surface area contributed by atoms with Crippen LogP contribution in [-0.4, -0.2) is 49.7 Å². The molecule has 4 heteroatoms. The minimum absolute atomic E-state index is 0.370. The van der Waals surface area contributed by atoms with Gasteiger partial charge in [0, 0.05) is 44.8 Å². The predicted octanol–water partition coefficient (Wildman–Crippen LogP) is 1.40. The summed E-state index contributed by atoms with van der Waals surface area (Å²) in [5, 5.41) is 3.64. The van der Waals surface area contributed by atoms with Gasteiger partial charge in [0.25, 0.3) is 0 Å². The van der Waals surface area contributed by atoms with Gasteiger partial charge in [-0.25, -0.2) is 0 Å². The normalized spacial score (nSPS) is 23.1. The Bertz CT molecular complexity index is 271. The van der Waals surface area contributed by atoms with Crippen LogP contribution in [0.3, 0.4) is 0 Å². The molecule has 1 heterocycles. The third-order valence-corrected chi connectivity index (χ3v) is 4.01. The van der Waals surface area contributed by atoms with Gasteiger partial charge in [0.15, 0.2) is 0 Å². The summed E-state index contributed by atoms with van der Waals surface area (Å²) >= 11 is 0. The molecule has 2 fully saturated rings. The van der Waals surface area contributed by atoms with Crippen LogP contribution in [0.15, 0.2) is 0 Å². The quantitative estimate of drug-likeness (QED) is 0.779. The van der Waals surface area contributed by atoms with Crippen LogP contribution in [0.2, 0.25) is 0 Å². The van der Waals surface area contributed by atoms with Crippen molar-refractivity contribution in [3.05, 3.63) is 0 Å². The molecule has 1 unspecified atom stereocenters. The first-order chi connectivity index (χ1) is 8.70. The second-order valence-electron chi connectivity index (χ2n) is 5.72. The second kappa shape index (κ2) is 6.53. The highest BCUT2D eigenvalue weighted by Crippen LogP contribution is 2.31. The van der Waals surface area contributed by atoms with Crippen LogP contribution in [-0.2, 0) is 9.53 Å². The summed E-state index contributed by atoms with van der Waals surface area (Å²) in [6.07, 6.45) is 5.47. The summed E-state index contributed by atoms with van der Waals surface area (Å²) < 4.78 is 5.09. The highest BCUT2D eigenvalue weighted by atomic mass is 16.5. The number of carbonyl (C=O) groups is 1. The van der Waals surface area contributed by atoms with E-state index in [-0.39, 0.29) is 0 Å². The molecular formula is C14H26N2O2. The summed E-state index contributed by atoms with van der Waals surface area (Å²) in [6, 6.07) is 1.07. The van der Waals surface area contributed by atoms with Crippen molar-refractivity contribution in [3.63, 3.8) is 0 Å². The topological polar surface area (TPSA) is 41.6 Å². The van der Waals surface area contributed by atoms with Crippen LogP contribution < -0.4 is 5.32 Å². The first-order valence-electron chi connectivity index (χ1n) is 7.24. The van der Waals surface area contributed by atoms with Gasteiger partial charge < -0.3 is 15.0 Å². The van der Waals surface area contributed by atoms with E-state index in [0.717, 1.165) is 51.8 Å². The van der Waals surface area contributed by atoms with E-state index in [4.69, 9.17) is 4.74 Å². The van der Waals surface area contributed by atoms with Gasteiger partial charge in [-0.2, -0.15) is 0 Å². The molecule has 0 aromatic heterocycles. The molecule has 1 saturated heterocycles. The molecule has 0 aromatic carbocycles. The number of amides is 1. The first-order valence-corrected chi connectivity index (χ1v) is 7.24. The number of carbonyl (C=O) groups excluding carboxylic acids is 1. The Labute approximate surface area is 110 Å². The fourth-order valence-corrected chi connectivity index (χ4v) is 2.64. The van der Waals surface area contributed by atoms with Crippen molar-refractivity contribution in [2.24, 2.45) is 5.92 Å². The van der Waals surface area contributed by atoms with Crippen LogP contribution in [0.1, 0.15) is 39.0 Å². The Balaban J connectivity index is 1.64. The van der Waals surface area contributed by atoms with Crippen molar-refractivity contribution in [3.8, 4) is 0 Å². The van der Waals surface area contributed by atoms with Gasteiger partial charge in [0.1, 0.15) is 0 Å². The van der Waals surface area contributed by atoms with E-state index in [2.05, 4.69) is 17.1 Å². The highest BCUT2D eigenvalue weighted by Gasteiger charge is 2.34. The van der Waals surface area contributed by atoms with Crippen molar-refractivity contribution >= 4 is 5.91 Å². The monoisotopic (exact) mass is 254 g/mol. The molecule has 4 nitrogen and oxygen atoms in total. The third kappa shape index (κ3) is 3.95. The van der Waals surface area contributed by atoms with Gasteiger partial charge in [-0.15, -0.1) is 0 Å². The van der Waals surface area contributed by atoms with E-state index in [1.165, 1.54) is 0 Å². The number of rotatable bonds is 6. The van der Waals surface area contributed by atoms with E-state index in [1.54, 1.807) is 7.11 Å². The molecule has 1 N–H and O–H groups in total. The number of piperidine rings is 1. The lowest BCUT2D eigenvalue weighted by Gasteiger charge is -2.34. The zero-order chi connectivity index (χ0) is 13.0. The average Bonchev–Trinajstić information content (AvgIpc) is 3.21. The van der Waals surface area contributed by atoms with Crippen molar-refractivity contribution in [1.82, 2.24) is 10.2 Å². The molecule has 0 radical (unpaired) electrons. The van der Waals surface area contributed by atoms with Crippen molar-refractivity contribution in [2.75, 3.05) is 26.8 Å². The Kier molecular flexibility index (Phi) is 5.01. The van der Waals surface area contributed by atoms with Crippen LogP contribution >= 0.6 is 0 Å². The Morgan fingerprint density at radius 2 is 2.00 bits per heavy atom. The number of hydrogen-bond donors (Lipinski definition) is 1. The molecule has 104 valence electrons. The molecule has 1 atom stereocenters. The van der Waals surface area contributed by atoms with E-state index >= 15 is 0 Å². The molecule has 2 rings (SSSR count). The van der Waals surface area contributed by atoms with Crippen molar-refractivity contribution in [2.45, 2.75) is 51.1 Å². The maximum Gasteiger partial charge on any atom is 0.225 e. The van der Waals surface area contributed by atoms with E-state index in [0.29, 0.717) is 23.9 Å². The smallest absolute Gasteiger partial charge is 0.225 e. The zero-order valence-electron chi connectivity index (χ0n) is 11.7. The van der Waals surface area contributed by atoms with E-state index in [1.807, 2.05) is 0 Å². The van der Waals surface area contributed by atoms with Gasteiger partial charge >= 0.3 is 0 Å². The van der Waals surface area contributed by atoms with Gasteiger partial charge in [0.05, 0.1) is 0 Å². The molecular weight excluding hydrogens is 228 g/mol. The van der Waals surface area contributed by atoms with E-state index in [9.17, 15) is 4.79 Å². The number of methoxy groups -OCH3 is 1. The summed E-state index contributed by atoms with van der Waals surface area (Å²) in [5.74, 6) is 0.774. The van der Waals surface area contributed by atoms with Gasteiger partial charge in [-0.3, -0.25) is 4.79 Å². The van der Waals surface area contributed by atoms with Crippen molar-refractivity contribution in [1.29, 1.82) is 0 Å². The number of hydrogen-bond acceptors (Lipinski definition) is 3. The van der Waals surface area contributed by atoms with Crippen LogP contribution in [0.25, 0.3) is 0 Å². The molecule has 0 spiro atoms. The molecule has 2 aliphatic rings. The van der Waals surface area contributed by atoms with Crippen LogP contribution in [0.5, 0.6) is 0 Å². The number of ether oxygens (including phenoxy) is 1. The molecule has 1 amide bonds. The fraction of sp³-hybridized carbons (Fsp3) is 0.929. The predicted molar refractivity (Wildman–Crippen MR) is 71.4 cm³/mol. The molecule has 1 saturated carbocycles. The molecule has 18 heavy (non-hydrogen) atoms. The zero-order valence-corrected chi connectivity index (χ0v) is 11.7. The lowest BCUT2D eigenvalue weighted by Crippen LogP contribution is -2.47. The number of likely N-dealkylation sites (tertiary alicyclic amines) is 1. The van der Waals surface area contributed by atoms with E-state index < -0.39 is 0 Å². The first kappa shape index (κ1) is 13.8. The van der Waals surface area contributed by atoms with Crippen LogP contribution in [0, 0.1) is 5.92 Å². The number of nitrogens with one attached hydrogen (secondary N) is 1. The standard InChI is InChI=1S/C14H26N2O2/c1-11(7-10-18-2)15-13-5-8-16(9-6-13)14(17)12-3-4-12/h11-13,15H,3-10H2,1-2H3. The van der Waals surface area contributed by atoms with Crippen molar-refractivity contribution < 1.29 is 9.53 Å². The molecule has 0 aromatic rings. The van der Waals surface area contributed by atoms with Gasteiger partial charge in [-0.1, -0.05) is 0 Å². The van der Waals surface area contributed by atoms with Gasteiger partial charge in [0.2, 0.25) is 5.91 Å². The summed E-state index contributed by atoms with van der Waals surface area (Å²) in [5.41, 5.74) is 0. The number of nitrogens with zero attached hydrogens (tertiary/aromatic N) is 1. The largest absolute Gasteiger partial charge is 0.385 e. The average molecular weight is 254 g/mol. The molecule has 1 aliphatic heterocycles. The molecule has 0 bridgehead atoms. The lowest BCUT2D eigenvalue weighted by molar-refractivity contribution is -0.133. The summed E-state index contributed by atoms with van der Waals surface area (Å²) in [4.78, 5) is 14.0. The highest BCUT2D eigenvalue weighted by molar-refractivity contribution is 5.81. The minimum Gasteiger partial charge on any atom is -0.385 e. The maximum absolute atomic E-state index is 11.9. The molecule has 1 aliphatic carbocycles. The maximum atomic E-state index is 11.9. The summed E-state index contributed by atoms with van der Waals surface area (Å²) in [6.45, 7) is 4.89. The minimum atomic E-state index is 0.370. The third-order valence-electron chi connectivity index (χ3n) is 4.01. The Morgan fingerprint density at radius 1 is 1.33 bits per heavy atom. The Morgan fingerprint density at radius 3 is 2.56 bits per heavy atom. The lowest BCUT2D eigenvalue weighted by atomic mass is 10.0. The fourth-order valence-electron chi connectivity index (χ4n) is 2.64. The summed E-state index contributed by atoms with van der Waals surface area (Å²) in [7, 11) is 1.74. The Hall–Kier alpha value is -0.610. The van der Waals surface area contributed by atoms with Crippen LogP contribution in [0.4, 0.5) is 0 Å². The van der Waals surface area contributed by atoms with Gasteiger partial charge in [-0.05, 0) is 39.0 Å². The second-order valence-corrected chi connectivity index (χ2v) is 5.72. The SMILES string of the molecule is COCCC(C)NC1CCN(C(=O)C2CC2)CC1.